The Labute approximate surface area is 103 Å². The Bertz CT molecular complexity index is 319. The van der Waals surface area contributed by atoms with Crippen LogP contribution >= 0.6 is 0 Å². The summed E-state index contributed by atoms with van der Waals surface area (Å²) in [6, 6.07) is 0. The van der Waals surface area contributed by atoms with E-state index in [1.165, 1.54) is 0 Å². The van der Waals surface area contributed by atoms with Crippen LogP contribution in [0.4, 0.5) is 0 Å². The van der Waals surface area contributed by atoms with E-state index in [-0.39, 0.29) is 11.5 Å². The van der Waals surface area contributed by atoms with E-state index in [4.69, 9.17) is 5.53 Å². The van der Waals surface area contributed by atoms with Crippen molar-refractivity contribution in [3.8, 4) is 0 Å². The number of carbonyl (C=O) groups is 1. The molecular formula is C14H12N2O. The maximum Gasteiger partial charge on any atom is 0.335 e. The first-order valence-corrected chi connectivity index (χ1v) is 5.49. The fraction of sp³-hybridized carbons (Fsp3) is 0.143. The van der Waals surface area contributed by atoms with Crippen molar-refractivity contribution in [3.05, 3.63) is 68.7 Å². The summed E-state index contributed by atoms with van der Waals surface area (Å²) in [5.41, 5.74) is 9.10. The Morgan fingerprint density at radius 3 is 2.24 bits per heavy atom. The molecule has 0 N–H and O–H groups in total. The Kier molecular flexibility index (Phi) is 4.49. The Balaban J connectivity index is 1.83. The zero-order valence-electron chi connectivity index (χ0n) is 9.34. The lowest BCUT2D eigenvalue weighted by Crippen LogP contribution is -2.22. The third kappa shape index (κ3) is 3.26. The van der Waals surface area contributed by atoms with Crippen LogP contribution in [0.1, 0.15) is 12.8 Å². The molecule has 3 nitrogen and oxygen atoms in total. The van der Waals surface area contributed by atoms with Crippen LogP contribution in [0.3, 0.4) is 0 Å². The van der Waals surface area contributed by atoms with Gasteiger partial charge in [-0.2, -0.15) is 4.79 Å². The molecule has 0 aromatic rings. The van der Waals surface area contributed by atoms with Crippen molar-refractivity contribution in [2.75, 3.05) is 0 Å². The first kappa shape index (κ1) is 12.5. The summed E-state index contributed by atoms with van der Waals surface area (Å²) in [6.07, 6.45) is 16.0. The minimum absolute atomic E-state index is 0.205. The lowest BCUT2D eigenvalue weighted by Gasteiger charge is -2.06. The molecule has 2 aliphatic rings. The number of hydrogen-bond acceptors (Lipinski definition) is 1. The number of hydrogen-bond donors (Lipinski definition) is 0. The molecule has 2 saturated carbocycles. The van der Waals surface area contributed by atoms with Gasteiger partial charge in [0, 0.05) is 0 Å². The fourth-order valence-electron chi connectivity index (χ4n) is 1.74. The molecule has 2 aliphatic carbocycles. The normalized spacial score (nSPS) is 21.6. The van der Waals surface area contributed by atoms with Crippen LogP contribution in [0.25, 0.3) is 5.53 Å². The van der Waals surface area contributed by atoms with Gasteiger partial charge in [-0.15, -0.1) is 0 Å². The minimum atomic E-state index is -0.205. The van der Waals surface area contributed by atoms with Crippen LogP contribution in [0, 0.1) is 63.2 Å². The molecule has 84 valence electrons. The van der Waals surface area contributed by atoms with E-state index in [1.807, 2.05) is 25.7 Å². The molecule has 0 unspecified atom stereocenters. The highest BCUT2D eigenvalue weighted by atomic mass is 16.1. The summed E-state index contributed by atoms with van der Waals surface area (Å²) in [6.45, 7) is 0. The molecule has 0 spiro atoms. The van der Waals surface area contributed by atoms with Gasteiger partial charge in [-0.3, -0.25) is 4.79 Å². The molecule has 17 heavy (non-hydrogen) atoms. The highest BCUT2D eigenvalue weighted by Gasteiger charge is 2.33. The lowest BCUT2D eigenvalue weighted by atomic mass is 9.93. The van der Waals surface area contributed by atoms with Gasteiger partial charge in [0.15, 0.2) is 0 Å². The maximum absolute atomic E-state index is 11.9. The van der Waals surface area contributed by atoms with Crippen molar-refractivity contribution < 1.29 is 9.58 Å². The van der Waals surface area contributed by atoms with Crippen molar-refractivity contribution in [3.63, 3.8) is 0 Å². The van der Waals surface area contributed by atoms with Crippen molar-refractivity contribution in [1.29, 1.82) is 0 Å². The predicted octanol–water partition coefficient (Wildman–Crippen LogP) is 1.82. The smallest absolute Gasteiger partial charge is 0.335 e. The van der Waals surface area contributed by atoms with Crippen LogP contribution in [0.2, 0.25) is 0 Å². The third-order valence-electron chi connectivity index (χ3n) is 2.69. The molecule has 0 amide bonds. The maximum atomic E-state index is 11.9. The van der Waals surface area contributed by atoms with E-state index in [9.17, 15) is 4.79 Å². The zero-order valence-corrected chi connectivity index (χ0v) is 9.34. The van der Waals surface area contributed by atoms with Crippen molar-refractivity contribution >= 4 is 11.5 Å². The zero-order chi connectivity index (χ0) is 12.1. The summed E-state index contributed by atoms with van der Waals surface area (Å²) in [5, 5.41) is 0. The molecule has 0 saturated heterocycles. The predicted molar refractivity (Wildman–Crippen MR) is 63.8 cm³/mol. The monoisotopic (exact) mass is 224 g/mol. The van der Waals surface area contributed by atoms with Gasteiger partial charge in [-0.25, -0.2) is 0 Å². The molecule has 2 rings (SSSR count). The standard InChI is InChI=1S/C14H12N2O/c15-16-13(10-9-11-5-1-2-6-11)14(17)12-7-3-4-8-12/h1-8H,9-10H2. The summed E-state index contributed by atoms with van der Waals surface area (Å²) in [5.74, 6) is 1.51. The number of ketones is 1. The Morgan fingerprint density at radius 1 is 1.06 bits per heavy atom. The van der Waals surface area contributed by atoms with E-state index in [1.54, 1.807) is 25.7 Å². The molecule has 0 atom stereocenters. The molecular weight excluding hydrogens is 212 g/mol. The summed E-state index contributed by atoms with van der Waals surface area (Å²) in [4.78, 5) is 15.0. The lowest BCUT2D eigenvalue weighted by molar-refractivity contribution is -0.115. The molecule has 0 aromatic carbocycles. The highest BCUT2D eigenvalue weighted by molar-refractivity contribution is 6.43. The number of nitrogens with zero attached hydrogens (tertiary/aromatic N) is 2. The Morgan fingerprint density at radius 2 is 1.65 bits per heavy atom. The van der Waals surface area contributed by atoms with Crippen LogP contribution in [-0.4, -0.2) is 16.3 Å². The quantitative estimate of drug-likeness (QED) is 0.399. The van der Waals surface area contributed by atoms with Gasteiger partial charge in [0.1, 0.15) is 0 Å². The fourth-order valence-corrected chi connectivity index (χ4v) is 1.74. The molecule has 0 aromatic heterocycles. The van der Waals surface area contributed by atoms with Crippen LogP contribution < -0.4 is 0 Å². The number of rotatable bonds is 5. The van der Waals surface area contributed by atoms with Gasteiger partial charge in [-0.05, 0) is 63.7 Å². The number of carbonyl (C=O) groups excluding carboxylic acids is 1. The third-order valence-corrected chi connectivity index (χ3v) is 2.69. The Hall–Kier alpha value is -0.950. The van der Waals surface area contributed by atoms with Gasteiger partial charge in [0.25, 0.3) is 0 Å². The first-order chi connectivity index (χ1) is 8.31. The van der Waals surface area contributed by atoms with Gasteiger partial charge >= 0.3 is 5.71 Å². The van der Waals surface area contributed by atoms with Crippen molar-refractivity contribution in [1.82, 2.24) is 0 Å². The van der Waals surface area contributed by atoms with Gasteiger partial charge in [-0.1, -0.05) is 0 Å². The van der Waals surface area contributed by atoms with Gasteiger partial charge < -0.3 is 5.53 Å². The van der Waals surface area contributed by atoms with E-state index in [0.29, 0.717) is 18.8 Å². The highest BCUT2D eigenvalue weighted by Crippen LogP contribution is 2.29. The van der Waals surface area contributed by atoms with Gasteiger partial charge in [0.05, 0.1) is 12.3 Å². The van der Waals surface area contributed by atoms with Crippen molar-refractivity contribution in [2.24, 2.45) is 0 Å². The second kappa shape index (κ2) is 6.11. The summed E-state index contributed by atoms with van der Waals surface area (Å²) in [7, 11) is 0. The van der Waals surface area contributed by atoms with Crippen LogP contribution in [0.5, 0.6) is 0 Å². The average Bonchev–Trinajstić information content (AvgIpc) is 3.02. The van der Waals surface area contributed by atoms with E-state index in [2.05, 4.69) is 4.79 Å². The minimum Gasteiger partial charge on any atom is -0.361 e. The SMILES string of the molecule is [N-]=[N+]=C(CC[C]1[CH][CH][CH][CH]1)C(=O)[C]1[CH][CH][CH][CH]1. The average molecular weight is 224 g/mol. The van der Waals surface area contributed by atoms with E-state index < -0.39 is 0 Å². The van der Waals surface area contributed by atoms with E-state index >= 15 is 0 Å². The van der Waals surface area contributed by atoms with Crippen LogP contribution in [0.15, 0.2) is 0 Å². The molecule has 0 aliphatic heterocycles. The molecule has 2 fully saturated rings. The molecule has 0 heterocycles. The van der Waals surface area contributed by atoms with Crippen molar-refractivity contribution in [2.45, 2.75) is 12.8 Å². The van der Waals surface area contributed by atoms with Gasteiger partial charge in [0.2, 0.25) is 5.78 Å². The summed E-state index contributed by atoms with van der Waals surface area (Å²) >= 11 is 0. The summed E-state index contributed by atoms with van der Waals surface area (Å²) < 4.78 is 0. The molecule has 0 bridgehead atoms. The second-order valence-electron chi connectivity index (χ2n) is 3.84. The topological polar surface area (TPSA) is 53.5 Å². The van der Waals surface area contributed by atoms with E-state index in [0.717, 1.165) is 5.92 Å². The number of Topliss-reactive ketones (excluding diaryl/α,β-unsaturated/α-hetero) is 1. The first-order valence-electron chi connectivity index (χ1n) is 5.49. The largest absolute Gasteiger partial charge is 0.361 e. The second-order valence-corrected chi connectivity index (χ2v) is 3.84. The molecule has 10 radical (unpaired) electrons. The molecule has 3 heteroatoms. The van der Waals surface area contributed by atoms with Crippen LogP contribution in [-0.2, 0) is 4.79 Å².